The molecule has 1 amide bonds. The Hall–Kier alpha value is -1.85. The summed E-state index contributed by atoms with van der Waals surface area (Å²) in [7, 11) is 0. The van der Waals surface area contributed by atoms with Crippen LogP contribution in [0.15, 0.2) is 54.6 Å². The summed E-state index contributed by atoms with van der Waals surface area (Å²) in [6.45, 7) is 0. The van der Waals surface area contributed by atoms with E-state index in [9.17, 15) is 4.79 Å². The predicted octanol–water partition coefficient (Wildman–Crippen LogP) is 3.78. The van der Waals surface area contributed by atoms with Gasteiger partial charge in [0.15, 0.2) is 5.13 Å². The Morgan fingerprint density at radius 2 is 1.86 bits per heavy atom. The molecule has 0 radical (unpaired) electrons. The van der Waals surface area contributed by atoms with Gasteiger partial charge in [0.1, 0.15) is 0 Å². The van der Waals surface area contributed by atoms with E-state index in [1.54, 1.807) is 0 Å². The van der Waals surface area contributed by atoms with Crippen LogP contribution in [0.25, 0.3) is 10.2 Å². The zero-order valence-electron chi connectivity index (χ0n) is 11.2. The SMILES string of the molecule is O=C(Nc1nc2ccccc2s1)C(S)Cc1ccccc1. The van der Waals surface area contributed by atoms with Crippen LogP contribution >= 0.6 is 24.0 Å². The number of aromatic nitrogens is 1. The second-order valence-corrected chi connectivity index (χ2v) is 6.34. The number of carbonyl (C=O) groups excluding carboxylic acids is 1. The van der Waals surface area contributed by atoms with Crippen molar-refractivity contribution >= 4 is 45.2 Å². The molecule has 2 aromatic carbocycles. The van der Waals surface area contributed by atoms with Crippen LogP contribution in [0.5, 0.6) is 0 Å². The summed E-state index contributed by atoms with van der Waals surface area (Å²) in [6, 6.07) is 17.7. The maximum atomic E-state index is 12.2. The number of hydrogen-bond donors (Lipinski definition) is 2. The Morgan fingerprint density at radius 3 is 2.62 bits per heavy atom. The fraction of sp³-hybridized carbons (Fsp3) is 0.125. The average molecular weight is 314 g/mol. The van der Waals surface area contributed by atoms with Crippen LogP contribution in [0.3, 0.4) is 0 Å². The lowest BCUT2D eigenvalue weighted by atomic mass is 10.1. The van der Waals surface area contributed by atoms with E-state index in [1.165, 1.54) is 11.3 Å². The first-order valence-electron chi connectivity index (χ1n) is 6.61. The molecule has 3 rings (SSSR count). The number of thiol groups is 1. The van der Waals surface area contributed by atoms with Crippen LogP contribution in [0.1, 0.15) is 5.56 Å². The molecule has 0 fully saturated rings. The summed E-state index contributed by atoms with van der Waals surface area (Å²) in [5.74, 6) is -0.124. The van der Waals surface area contributed by atoms with Gasteiger partial charge in [-0.3, -0.25) is 4.79 Å². The van der Waals surface area contributed by atoms with Gasteiger partial charge in [0, 0.05) is 0 Å². The highest BCUT2D eigenvalue weighted by Gasteiger charge is 2.16. The summed E-state index contributed by atoms with van der Waals surface area (Å²) < 4.78 is 1.06. The standard InChI is InChI=1S/C16H14N2OS2/c19-15(13(20)10-11-6-2-1-3-7-11)18-16-17-12-8-4-5-9-14(12)21-16/h1-9,13,20H,10H2,(H,17,18,19). The van der Waals surface area contributed by atoms with Crippen LogP contribution in [-0.2, 0) is 11.2 Å². The molecule has 1 unspecified atom stereocenters. The lowest BCUT2D eigenvalue weighted by Crippen LogP contribution is -2.25. The Labute approximate surface area is 132 Å². The summed E-state index contributed by atoms with van der Waals surface area (Å²) >= 11 is 5.87. The number of benzene rings is 2. The number of rotatable bonds is 4. The van der Waals surface area contributed by atoms with Crippen molar-refractivity contribution in [1.82, 2.24) is 4.98 Å². The second kappa shape index (κ2) is 6.28. The Morgan fingerprint density at radius 1 is 1.14 bits per heavy atom. The van der Waals surface area contributed by atoms with E-state index < -0.39 is 0 Å². The highest BCUT2D eigenvalue weighted by atomic mass is 32.1. The zero-order chi connectivity index (χ0) is 14.7. The molecule has 1 heterocycles. The van der Waals surface area contributed by atoms with E-state index in [4.69, 9.17) is 0 Å². The molecule has 3 nitrogen and oxygen atoms in total. The number of nitrogens with zero attached hydrogens (tertiary/aromatic N) is 1. The molecule has 5 heteroatoms. The molecule has 0 bridgehead atoms. The summed E-state index contributed by atoms with van der Waals surface area (Å²) in [4.78, 5) is 16.6. The Balaban J connectivity index is 1.68. The summed E-state index contributed by atoms with van der Waals surface area (Å²) in [5, 5.41) is 3.07. The van der Waals surface area contributed by atoms with E-state index in [-0.39, 0.29) is 11.2 Å². The topological polar surface area (TPSA) is 42.0 Å². The molecule has 0 aliphatic carbocycles. The van der Waals surface area contributed by atoms with Crippen LogP contribution in [0, 0.1) is 0 Å². The maximum absolute atomic E-state index is 12.2. The van der Waals surface area contributed by atoms with Gasteiger partial charge in [-0.1, -0.05) is 53.8 Å². The third-order valence-electron chi connectivity index (χ3n) is 3.10. The van der Waals surface area contributed by atoms with Crippen molar-refractivity contribution in [2.75, 3.05) is 5.32 Å². The van der Waals surface area contributed by atoms with Gasteiger partial charge >= 0.3 is 0 Å². The monoisotopic (exact) mass is 314 g/mol. The van der Waals surface area contributed by atoms with Gasteiger partial charge in [-0.25, -0.2) is 4.98 Å². The molecule has 3 aromatic rings. The number of nitrogens with one attached hydrogen (secondary N) is 1. The van der Waals surface area contributed by atoms with Crippen LogP contribution < -0.4 is 5.32 Å². The van der Waals surface area contributed by atoms with Gasteiger partial charge < -0.3 is 5.32 Å². The van der Waals surface area contributed by atoms with Gasteiger partial charge in [-0.2, -0.15) is 12.6 Å². The third kappa shape index (κ3) is 3.43. The van der Waals surface area contributed by atoms with Gasteiger partial charge in [0.05, 0.1) is 15.5 Å². The lowest BCUT2D eigenvalue weighted by molar-refractivity contribution is -0.115. The minimum Gasteiger partial charge on any atom is -0.301 e. The van der Waals surface area contributed by atoms with Crippen molar-refractivity contribution in [1.29, 1.82) is 0 Å². The van der Waals surface area contributed by atoms with E-state index in [2.05, 4.69) is 22.9 Å². The normalized spacial score (nSPS) is 12.2. The number of amides is 1. The average Bonchev–Trinajstić information content (AvgIpc) is 2.90. The van der Waals surface area contributed by atoms with Crippen molar-refractivity contribution < 1.29 is 4.79 Å². The Bertz CT molecular complexity index is 722. The molecule has 0 aliphatic rings. The van der Waals surface area contributed by atoms with Crippen molar-refractivity contribution in [3.63, 3.8) is 0 Å². The summed E-state index contributed by atoms with van der Waals surface area (Å²) in [6.07, 6.45) is 0.598. The largest absolute Gasteiger partial charge is 0.301 e. The molecule has 106 valence electrons. The van der Waals surface area contributed by atoms with Gasteiger partial charge in [-0.15, -0.1) is 0 Å². The molecule has 0 saturated heterocycles. The lowest BCUT2D eigenvalue weighted by Gasteiger charge is -2.09. The van der Waals surface area contributed by atoms with E-state index in [1.807, 2.05) is 54.6 Å². The first-order valence-corrected chi connectivity index (χ1v) is 7.94. The molecule has 0 aliphatic heterocycles. The highest BCUT2D eigenvalue weighted by molar-refractivity contribution is 7.81. The summed E-state index contributed by atoms with van der Waals surface area (Å²) in [5.41, 5.74) is 1.99. The van der Waals surface area contributed by atoms with Crippen molar-refractivity contribution in [2.24, 2.45) is 0 Å². The number of carbonyl (C=O) groups is 1. The first-order chi connectivity index (χ1) is 10.2. The van der Waals surface area contributed by atoms with Crippen molar-refractivity contribution in [3.8, 4) is 0 Å². The quantitative estimate of drug-likeness (QED) is 0.720. The van der Waals surface area contributed by atoms with Crippen LogP contribution in [0.2, 0.25) is 0 Å². The molecular formula is C16H14N2OS2. The molecule has 0 spiro atoms. The van der Waals surface area contributed by atoms with Crippen LogP contribution in [0.4, 0.5) is 5.13 Å². The minimum atomic E-state index is -0.389. The number of fused-ring (bicyclic) bond motifs is 1. The molecule has 1 atom stereocenters. The van der Waals surface area contributed by atoms with Gasteiger partial charge in [0.2, 0.25) is 5.91 Å². The number of hydrogen-bond acceptors (Lipinski definition) is 4. The smallest absolute Gasteiger partial charge is 0.239 e. The maximum Gasteiger partial charge on any atom is 0.239 e. The van der Waals surface area contributed by atoms with Crippen LogP contribution in [-0.4, -0.2) is 16.1 Å². The zero-order valence-corrected chi connectivity index (χ0v) is 12.9. The number of thiazole rings is 1. The molecule has 0 saturated carbocycles. The van der Waals surface area contributed by atoms with Crippen molar-refractivity contribution in [3.05, 3.63) is 60.2 Å². The molecule has 21 heavy (non-hydrogen) atoms. The molecule has 1 N–H and O–H groups in total. The third-order valence-corrected chi connectivity index (χ3v) is 4.47. The van der Waals surface area contributed by atoms with E-state index >= 15 is 0 Å². The van der Waals surface area contributed by atoms with E-state index in [0.29, 0.717) is 11.6 Å². The minimum absolute atomic E-state index is 0.124. The fourth-order valence-corrected chi connectivity index (χ4v) is 3.19. The second-order valence-electron chi connectivity index (χ2n) is 4.68. The van der Waals surface area contributed by atoms with Gasteiger partial charge in [-0.05, 0) is 24.1 Å². The Kier molecular flexibility index (Phi) is 4.22. The predicted molar refractivity (Wildman–Crippen MR) is 91.2 cm³/mol. The number of anilines is 1. The fourth-order valence-electron chi connectivity index (χ4n) is 2.04. The number of para-hydroxylation sites is 1. The molecule has 1 aromatic heterocycles. The molecular weight excluding hydrogens is 300 g/mol. The van der Waals surface area contributed by atoms with E-state index in [0.717, 1.165) is 15.8 Å². The highest BCUT2D eigenvalue weighted by Crippen LogP contribution is 2.25. The first kappa shape index (κ1) is 14.1. The van der Waals surface area contributed by atoms with Gasteiger partial charge in [0.25, 0.3) is 0 Å². The van der Waals surface area contributed by atoms with Crippen molar-refractivity contribution in [2.45, 2.75) is 11.7 Å².